The van der Waals surface area contributed by atoms with Crippen LogP contribution in [0.25, 0.3) is 0 Å². The largest absolute Gasteiger partial charge is 0.461 e. The van der Waals surface area contributed by atoms with E-state index in [9.17, 15) is 9.90 Å². The fraction of sp³-hybridized carbons (Fsp3) is 0.333. The van der Waals surface area contributed by atoms with Crippen molar-refractivity contribution in [1.82, 2.24) is 4.98 Å². The number of anilines is 1. The first-order chi connectivity index (χ1) is 9.20. The minimum atomic E-state index is -0.649. The second-order valence-corrected chi connectivity index (χ2v) is 4.49. The number of carbonyl (C=O) groups excluding carboxylic acids is 1. The highest BCUT2D eigenvalue weighted by molar-refractivity contribution is 7.07. The van der Waals surface area contributed by atoms with E-state index in [0.29, 0.717) is 0 Å². The average Bonchev–Trinajstić information content (AvgIpc) is 3.07. The molecule has 1 unspecified atom stereocenters. The minimum Gasteiger partial charge on any atom is -0.461 e. The molecule has 0 bridgehead atoms. The van der Waals surface area contributed by atoms with Gasteiger partial charge in [0.15, 0.2) is 5.69 Å². The number of ether oxygens (including phenoxy) is 1. The molecule has 0 fully saturated rings. The van der Waals surface area contributed by atoms with Crippen LogP contribution in [0.5, 0.6) is 0 Å². The van der Waals surface area contributed by atoms with Crippen LogP contribution < -0.4 is 5.32 Å². The molecule has 0 saturated heterocycles. The summed E-state index contributed by atoms with van der Waals surface area (Å²) in [5.41, 5.74) is 0.934. The molecule has 0 saturated carbocycles. The van der Waals surface area contributed by atoms with E-state index in [0.717, 1.165) is 5.56 Å². The predicted octanol–water partition coefficient (Wildman–Crippen LogP) is 2.06. The molecule has 6 nitrogen and oxygen atoms in total. The van der Waals surface area contributed by atoms with E-state index in [-0.39, 0.29) is 24.9 Å². The molecule has 0 aliphatic heterocycles. The lowest BCUT2D eigenvalue weighted by molar-refractivity contribution is 0.0519. The van der Waals surface area contributed by atoms with E-state index in [1.54, 1.807) is 6.92 Å². The summed E-state index contributed by atoms with van der Waals surface area (Å²) < 4.78 is 9.86. The number of aliphatic hydroxyl groups is 1. The zero-order chi connectivity index (χ0) is 13.7. The lowest BCUT2D eigenvalue weighted by Gasteiger charge is -2.08. The molecule has 0 spiro atoms. The van der Waals surface area contributed by atoms with Crippen molar-refractivity contribution in [3.8, 4) is 0 Å². The van der Waals surface area contributed by atoms with Crippen LogP contribution in [0.1, 0.15) is 29.1 Å². The quantitative estimate of drug-likeness (QED) is 0.789. The van der Waals surface area contributed by atoms with E-state index in [1.165, 1.54) is 17.6 Å². The van der Waals surface area contributed by atoms with Crippen molar-refractivity contribution in [3.63, 3.8) is 0 Å². The first kappa shape index (κ1) is 13.6. The monoisotopic (exact) mass is 282 g/mol. The number of rotatable bonds is 6. The van der Waals surface area contributed by atoms with Gasteiger partial charge in [0.05, 0.1) is 12.7 Å². The maximum atomic E-state index is 11.4. The fourth-order valence-electron chi connectivity index (χ4n) is 1.42. The van der Waals surface area contributed by atoms with Gasteiger partial charge < -0.3 is 19.6 Å². The molecule has 2 heterocycles. The lowest BCUT2D eigenvalue weighted by Crippen LogP contribution is -2.12. The van der Waals surface area contributed by atoms with Crippen LogP contribution in [-0.2, 0) is 4.74 Å². The molecule has 0 radical (unpaired) electrons. The van der Waals surface area contributed by atoms with Gasteiger partial charge in [-0.25, -0.2) is 4.79 Å². The molecule has 7 heteroatoms. The van der Waals surface area contributed by atoms with Crippen LogP contribution in [0.2, 0.25) is 0 Å². The Bertz CT molecular complexity index is 524. The number of oxazole rings is 1. The Morgan fingerprint density at radius 1 is 1.68 bits per heavy atom. The number of thiophene rings is 1. The minimum absolute atomic E-state index is 0.106. The molecular formula is C12H14N2O4S. The highest BCUT2D eigenvalue weighted by Crippen LogP contribution is 2.17. The molecule has 0 aliphatic rings. The van der Waals surface area contributed by atoms with Gasteiger partial charge in [0.1, 0.15) is 6.26 Å². The van der Waals surface area contributed by atoms with Gasteiger partial charge in [0.2, 0.25) is 0 Å². The number of nitrogens with zero attached hydrogens (tertiary/aromatic N) is 1. The summed E-state index contributed by atoms with van der Waals surface area (Å²) in [5.74, 6) is -0.530. The lowest BCUT2D eigenvalue weighted by atomic mass is 10.2. The maximum Gasteiger partial charge on any atom is 0.360 e. The number of hydrogen-bond donors (Lipinski definition) is 2. The van der Waals surface area contributed by atoms with Gasteiger partial charge in [0.25, 0.3) is 6.01 Å². The van der Waals surface area contributed by atoms with E-state index < -0.39 is 12.1 Å². The van der Waals surface area contributed by atoms with Gasteiger partial charge in [-0.1, -0.05) is 0 Å². The van der Waals surface area contributed by atoms with Crippen molar-refractivity contribution in [2.75, 3.05) is 18.5 Å². The van der Waals surface area contributed by atoms with Crippen LogP contribution >= 0.6 is 11.3 Å². The molecule has 2 N–H and O–H groups in total. The van der Waals surface area contributed by atoms with Crippen LogP contribution in [0.4, 0.5) is 6.01 Å². The topological polar surface area (TPSA) is 84.6 Å². The van der Waals surface area contributed by atoms with Gasteiger partial charge in [0, 0.05) is 6.54 Å². The van der Waals surface area contributed by atoms with Crippen molar-refractivity contribution >= 4 is 23.3 Å². The number of hydrogen-bond acceptors (Lipinski definition) is 7. The van der Waals surface area contributed by atoms with E-state index in [1.807, 2.05) is 16.8 Å². The molecule has 1 atom stereocenters. The molecule has 0 amide bonds. The van der Waals surface area contributed by atoms with Crippen molar-refractivity contribution in [3.05, 3.63) is 34.3 Å². The molecule has 2 rings (SSSR count). The summed E-state index contributed by atoms with van der Waals surface area (Å²) in [4.78, 5) is 15.3. The molecule has 2 aromatic rings. The van der Waals surface area contributed by atoms with Gasteiger partial charge in [-0.05, 0) is 29.3 Å². The smallest absolute Gasteiger partial charge is 0.360 e. The summed E-state index contributed by atoms with van der Waals surface area (Å²) in [6.07, 6.45) is 0.571. The van der Waals surface area contributed by atoms with E-state index in [2.05, 4.69) is 10.3 Å². The van der Waals surface area contributed by atoms with Crippen LogP contribution in [0.3, 0.4) is 0 Å². The van der Waals surface area contributed by atoms with Gasteiger partial charge in [-0.2, -0.15) is 16.3 Å². The summed E-state index contributed by atoms with van der Waals surface area (Å²) in [5, 5.41) is 16.4. The first-order valence-corrected chi connectivity index (χ1v) is 6.71. The molecule has 2 aromatic heterocycles. The van der Waals surface area contributed by atoms with Crippen molar-refractivity contribution in [1.29, 1.82) is 0 Å². The van der Waals surface area contributed by atoms with Crippen LogP contribution in [-0.4, -0.2) is 29.2 Å². The summed E-state index contributed by atoms with van der Waals surface area (Å²) in [7, 11) is 0. The number of nitrogens with one attached hydrogen (secondary N) is 1. The number of aliphatic hydroxyl groups excluding tert-OH is 1. The Labute approximate surface area is 114 Å². The third-order valence-corrected chi connectivity index (χ3v) is 3.06. The maximum absolute atomic E-state index is 11.4. The Balaban J connectivity index is 1.88. The standard InChI is InChI=1S/C12H14N2O4S/c1-2-17-11(16)9-6-18-12(14-9)13-5-10(15)8-3-4-19-7-8/h3-4,6-7,10,15H,2,5H2,1H3,(H,13,14). The fourth-order valence-corrected chi connectivity index (χ4v) is 2.13. The molecule has 19 heavy (non-hydrogen) atoms. The van der Waals surface area contributed by atoms with Crippen LogP contribution in [0.15, 0.2) is 27.5 Å². The summed E-state index contributed by atoms with van der Waals surface area (Å²) in [6.45, 7) is 2.25. The Morgan fingerprint density at radius 3 is 3.21 bits per heavy atom. The zero-order valence-corrected chi connectivity index (χ0v) is 11.1. The predicted molar refractivity (Wildman–Crippen MR) is 70.2 cm³/mol. The third kappa shape index (κ3) is 3.55. The number of carbonyl (C=O) groups is 1. The van der Waals surface area contributed by atoms with Crippen molar-refractivity contribution in [2.24, 2.45) is 0 Å². The summed E-state index contributed by atoms with van der Waals surface area (Å²) in [6, 6.07) is 2.02. The first-order valence-electron chi connectivity index (χ1n) is 5.77. The normalized spacial score (nSPS) is 12.1. The second kappa shape index (κ2) is 6.35. The molecule has 0 aromatic carbocycles. The van der Waals surface area contributed by atoms with Crippen molar-refractivity contribution in [2.45, 2.75) is 13.0 Å². The molecule has 0 aliphatic carbocycles. The SMILES string of the molecule is CCOC(=O)c1coc(NCC(O)c2ccsc2)n1. The Hall–Kier alpha value is -1.86. The highest BCUT2D eigenvalue weighted by Gasteiger charge is 2.14. The second-order valence-electron chi connectivity index (χ2n) is 3.71. The van der Waals surface area contributed by atoms with E-state index in [4.69, 9.17) is 9.15 Å². The Kier molecular flexibility index (Phi) is 4.53. The molecule has 102 valence electrons. The zero-order valence-electron chi connectivity index (χ0n) is 10.3. The Morgan fingerprint density at radius 2 is 2.53 bits per heavy atom. The number of aromatic nitrogens is 1. The average molecular weight is 282 g/mol. The highest BCUT2D eigenvalue weighted by atomic mass is 32.1. The van der Waals surface area contributed by atoms with Gasteiger partial charge in [-0.15, -0.1) is 0 Å². The number of esters is 1. The van der Waals surface area contributed by atoms with Gasteiger partial charge in [-0.3, -0.25) is 0 Å². The summed E-state index contributed by atoms with van der Waals surface area (Å²) >= 11 is 1.52. The van der Waals surface area contributed by atoms with E-state index >= 15 is 0 Å². The third-order valence-electron chi connectivity index (χ3n) is 2.36. The van der Waals surface area contributed by atoms with Crippen molar-refractivity contribution < 1.29 is 19.1 Å². The molecular weight excluding hydrogens is 268 g/mol. The van der Waals surface area contributed by atoms with Crippen LogP contribution in [0, 0.1) is 0 Å². The van der Waals surface area contributed by atoms with Gasteiger partial charge >= 0.3 is 5.97 Å².